The Hall–Kier alpha value is -1.92. The predicted octanol–water partition coefficient (Wildman–Crippen LogP) is 0.233. The van der Waals surface area contributed by atoms with E-state index in [2.05, 4.69) is 10.6 Å². The first kappa shape index (κ1) is 14.0. The van der Waals surface area contributed by atoms with Crippen molar-refractivity contribution >= 4 is 11.9 Å². The second kappa shape index (κ2) is 5.46. The van der Waals surface area contributed by atoms with Crippen LogP contribution in [0.1, 0.15) is 23.6 Å². The number of nitrogens with one attached hydrogen (secondary N) is 2. The van der Waals surface area contributed by atoms with Crippen molar-refractivity contribution < 1.29 is 19.4 Å². The largest absolute Gasteiger partial charge is 0.479 e. The van der Waals surface area contributed by atoms with Gasteiger partial charge in [0, 0.05) is 19.6 Å². The molecule has 0 bridgehead atoms. The van der Waals surface area contributed by atoms with Gasteiger partial charge >= 0.3 is 5.97 Å². The van der Waals surface area contributed by atoms with Crippen LogP contribution in [0.2, 0.25) is 0 Å². The number of carbonyl (C=O) groups excluding carboxylic acids is 1. The Bertz CT molecular complexity index is 567. The molecule has 2 aliphatic heterocycles. The van der Waals surface area contributed by atoms with Crippen molar-refractivity contribution in [2.45, 2.75) is 24.4 Å². The number of aliphatic carboxylic acids is 1. The number of rotatable bonds is 3. The third kappa shape index (κ3) is 2.52. The molecular weight excluding hydrogens is 272 g/mol. The van der Waals surface area contributed by atoms with Crippen LogP contribution in [0.15, 0.2) is 24.3 Å². The highest BCUT2D eigenvalue weighted by Gasteiger charge is 2.45. The van der Waals surface area contributed by atoms with Crippen molar-refractivity contribution in [1.82, 2.24) is 10.6 Å². The minimum atomic E-state index is -1.30. The van der Waals surface area contributed by atoms with Gasteiger partial charge in [-0.2, -0.15) is 0 Å². The van der Waals surface area contributed by atoms with E-state index >= 15 is 0 Å². The van der Waals surface area contributed by atoms with E-state index < -0.39 is 17.6 Å². The molecule has 3 N–H and O–H groups in total. The van der Waals surface area contributed by atoms with Gasteiger partial charge in [-0.15, -0.1) is 0 Å². The van der Waals surface area contributed by atoms with Gasteiger partial charge in [-0.05, 0) is 17.5 Å². The van der Waals surface area contributed by atoms with E-state index in [0.29, 0.717) is 19.6 Å². The van der Waals surface area contributed by atoms with E-state index in [1.165, 1.54) is 0 Å². The lowest BCUT2D eigenvalue weighted by atomic mass is 9.92. The molecule has 2 aliphatic rings. The minimum Gasteiger partial charge on any atom is -0.479 e. The van der Waals surface area contributed by atoms with Crippen LogP contribution >= 0.6 is 0 Å². The molecule has 1 aromatic rings. The van der Waals surface area contributed by atoms with Crippen LogP contribution in [-0.2, 0) is 20.7 Å². The van der Waals surface area contributed by atoms with Gasteiger partial charge in [0.25, 0.3) is 0 Å². The summed E-state index contributed by atoms with van der Waals surface area (Å²) in [7, 11) is 0. The molecule has 1 fully saturated rings. The highest BCUT2D eigenvalue weighted by Crippen LogP contribution is 2.25. The van der Waals surface area contributed by atoms with Crippen LogP contribution in [0, 0.1) is 0 Å². The van der Waals surface area contributed by atoms with Gasteiger partial charge in [-0.1, -0.05) is 24.3 Å². The third-order valence-corrected chi connectivity index (χ3v) is 4.16. The average Bonchev–Trinajstić information content (AvgIpc) is 2.96. The van der Waals surface area contributed by atoms with Gasteiger partial charge in [0.1, 0.15) is 6.04 Å². The van der Waals surface area contributed by atoms with E-state index in [0.717, 1.165) is 17.5 Å². The van der Waals surface area contributed by atoms with E-state index in [9.17, 15) is 14.7 Å². The third-order valence-electron chi connectivity index (χ3n) is 4.16. The molecule has 0 radical (unpaired) electrons. The molecular formula is C15H18N2O4. The Kier molecular flexibility index (Phi) is 3.65. The van der Waals surface area contributed by atoms with Crippen molar-refractivity contribution in [3.63, 3.8) is 0 Å². The lowest BCUT2D eigenvalue weighted by molar-refractivity contribution is -0.148. The van der Waals surface area contributed by atoms with Crippen molar-refractivity contribution in [3.05, 3.63) is 35.4 Å². The number of carboxylic acids is 1. The maximum atomic E-state index is 12.5. The first-order chi connectivity index (χ1) is 10.1. The molecule has 1 saturated heterocycles. The molecule has 2 unspecified atom stereocenters. The summed E-state index contributed by atoms with van der Waals surface area (Å²) in [6, 6.07) is 7.24. The number of carboxylic acid groups (broad SMARTS) is 1. The molecule has 6 heteroatoms. The first-order valence-corrected chi connectivity index (χ1v) is 7.07. The first-order valence-electron chi connectivity index (χ1n) is 7.07. The SMILES string of the molecule is O=C(NC1(C(=O)O)CCOC1)C1NCCc2ccccc21. The molecule has 2 heterocycles. The second-order valence-corrected chi connectivity index (χ2v) is 5.52. The molecule has 2 atom stereocenters. The van der Waals surface area contributed by atoms with Crippen LogP contribution in [0.25, 0.3) is 0 Å². The van der Waals surface area contributed by atoms with Crippen LogP contribution < -0.4 is 10.6 Å². The van der Waals surface area contributed by atoms with Crippen LogP contribution in [-0.4, -0.2) is 42.3 Å². The highest BCUT2D eigenvalue weighted by molar-refractivity contribution is 5.91. The lowest BCUT2D eigenvalue weighted by Crippen LogP contribution is -2.57. The summed E-state index contributed by atoms with van der Waals surface area (Å²) in [6.07, 6.45) is 1.16. The molecule has 0 spiro atoms. The zero-order valence-corrected chi connectivity index (χ0v) is 11.6. The number of benzene rings is 1. The molecule has 0 saturated carbocycles. The average molecular weight is 290 g/mol. The zero-order valence-electron chi connectivity index (χ0n) is 11.6. The van der Waals surface area contributed by atoms with E-state index in [1.54, 1.807) is 0 Å². The second-order valence-electron chi connectivity index (χ2n) is 5.52. The molecule has 1 aromatic carbocycles. The summed E-state index contributed by atoms with van der Waals surface area (Å²) >= 11 is 0. The molecule has 1 amide bonds. The Morgan fingerprint density at radius 2 is 2.19 bits per heavy atom. The summed E-state index contributed by atoms with van der Waals surface area (Å²) in [5.41, 5.74) is 0.745. The van der Waals surface area contributed by atoms with Gasteiger partial charge in [-0.3, -0.25) is 4.79 Å². The van der Waals surface area contributed by atoms with E-state index in [1.807, 2.05) is 24.3 Å². The van der Waals surface area contributed by atoms with Gasteiger partial charge in [0.05, 0.1) is 6.61 Å². The van der Waals surface area contributed by atoms with Gasteiger partial charge in [0.2, 0.25) is 5.91 Å². The van der Waals surface area contributed by atoms with Gasteiger partial charge in [-0.25, -0.2) is 4.79 Å². The van der Waals surface area contributed by atoms with E-state index in [4.69, 9.17) is 4.74 Å². The summed E-state index contributed by atoms with van der Waals surface area (Å²) in [5, 5.41) is 15.2. The Balaban J connectivity index is 1.82. The highest BCUT2D eigenvalue weighted by atomic mass is 16.5. The number of fused-ring (bicyclic) bond motifs is 1. The number of ether oxygens (including phenoxy) is 1. The molecule has 21 heavy (non-hydrogen) atoms. The van der Waals surface area contributed by atoms with E-state index in [-0.39, 0.29) is 12.5 Å². The van der Waals surface area contributed by atoms with Crippen LogP contribution in [0.3, 0.4) is 0 Å². The molecule has 6 nitrogen and oxygen atoms in total. The fraction of sp³-hybridized carbons (Fsp3) is 0.467. The zero-order chi connectivity index (χ0) is 14.9. The Morgan fingerprint density at radius 1 is 1.38 bits per heavy atom. The minimum absolute atomic E-state index is 0.0163. The fourth-order valence-corrected chi connectivity index (χ4v) is 2.93. The molecule has 112 valence electrons. The van der Waals surface area contributed by atoms with Crippen molar-refractivity contribution in [2.24, 2.45) is 0 Å². The van der Waals surface area contributed by atoms with Gasteiger partial charge < -0.3 is 20.5 Å². The normalized spacial score (nSPS) is 27.9. The lowest BCUT2D eigenvalue weighted by Gasteiger charge is -2.30. The summed E-state index contributed by atoms with van der Waals surface area (Å²) in [4.78, 5) is 24.0. The number of hydrogen-bond acceptors (Lipinski definition) is 4. The topological polar surface area (TPSA) is 87.7 Å². The molecule has 0 aromatic heterocycles. The standard InChI is InChI=1S/C15H18N2O4/c18-13(17-15(14(19)20)6-8-21-9-15)12-11-4-2-1-3-10(11)5-7-16-12/h1-4,12,16H,5-9H2,(H,17,18)(H,19,20). The predicted molar refractivity (Wildman–Crippen MR) is 74.8 cm³/mol. The quantitative estimate of drug-likeness (QED) is 0.742. The van der Waals surface area contributed by atoms with Crippen molar-refractivity contribution in [2.75, 3.05) is 19.8 Å². The summed E-state index contributed by atoms with van der Waals surface area (Å²) in [5.74, 6) is -1.35. The van der Waals surface area contributed by atoms with Gasteiger partial charge in [0.15, 0.2) is 5.54 Å². The fourth-order valence-electron chi connectivity index (χ4n) is 2.93. The summed E-state index contributed by atoms with van der Waals surface area (Å²) < 4.78 is 5.16. The van der Waals surface area contributed by atoms with Crippen LogP contribution in [0.4, 0.5) is 0 Å². The number of carbonyl (C=O) groups is 2. The van der Waals surface area contributed by atoms with Crippen molar-refractivity contribution in [1.29, 1.82) is 0 Å². The number of amides is 1. The smallest absolute Gasteiger partial charge is 0.331 e. The Morgan fingerprint density at radius 3 is 2.90 bits per heavy atom. The van der Waals surface area contributed by atoms with Crippen molar-refractivity contribution in [3.8, 4) is 0 Å². The maximum Gasteiger partial charge on any atom is 0.331 e. The Labute approximate surface area is 122 Å². The van der Waals surface area contributed by atoms with Crippen LogP contribution in [0.5, 0.6) is 0 Å². The molecule has 0 aliphatic carbocycles. The summed E-state index contributed by atoms with van der Waals surface area (Å²) in [6.45, 7) is 1.06. The maximum absolute atomic E-state index is 12.5. The molecule has 3 rings (SSSR count). The number of hydrogen-bond donors (Lipinski definition) is 3. The monoisotopic (exact) mass is 290 g/mol.